The Labute approximate surface area is 194 Å². The molecule has 0 aliphatic carbocycles. The average molecular weight is 491 g/mol. The molecule has 33 heavy (non-hydrogen) atoms. The molecular formula is C21H19ClN4O6S. The molecule has 0 aliphatic heterocycles. The molecule has 0 unspecified atom stereocenters. The van der Waals surface area contributed by atoms with Crippen molar-refractivity contribution < 1.29 is 22.9 Å². The van der Waals surface area contributed by atoms with Gasteiger partial charge in [-0.25, -0.2) is 8.42 Å². The van der Waals surface area contributed by atoms with Crippen LogP contribution in [0.3, 0.4) is 0 Å². The van der Waals surface area contributed by atoms with E-state index >= 15 is 0 Å². The summed E-state index contributed by atoms with van der Waals surface area (Å²) in [6.07, 6.45) is 3.67. The number of benzene rings is 2. The number of amides is 1. The van der Waals surface area contributed by atoms with Crippen LogP contribution >= 0.6 is 11.6 Å². The van der Waals surface area contributed by atoms with Crippen LogP contribution in [0.2, 0.25) is 5.02 Å². The van der Waals surface area contributed by atoms with Crippen molar-refractivity contribution in [3.63, 3.8) is 0 Å². The molecule has 0 aliphatic rings. The first-order valence-corrected chi connectivity index (χ1v) is 11.8. The number of hydrogen-bond donors (Lipinski definition) is 2. The molecule has 1 amide bonds. The molecule has 2 N–H and O–H groups in total. The summed E-state index contributed by atoms with van der Waals surface area (Å²) in [6, 6.07) is 11.6. The third-order valence-electron chi connectivity index (χ3n) is 4.59. The van der Waals surface area contributed by atoms with Crippen molar-refractivity contribution in [1.82, 2.24) is 0 Å². The Morgan fingerprint density at radius 3 is 2.42 bits per heavy atom. The number of nitrogens with one attached hydrogen (secondary N) is 2. The van der Waals surface area contributed by atoms with E-state index < -0.39 is 20.7 Å². The van der Waals surface area contributed by atoms with Crippen LogP contribution in [0.4, 0.5) is 17.1 Å². The number of pyridine rings is 1. The zero-order chi connectivity index (χ0) is 24.2. The molecule has 0 spiro atoms. The van der Waals surface area contributed by atoms with Gasteiger partial charge in [0.15, 0.2) is 22.2 Å². The number of aromatic nitrogens is 1. The van der Waals surface area contributed by atoms with E-state index in [1.807, 2.05) is 0 Å². The highest BCUT2D eigenvalue weighted by Gasteiger charge is 2.19. The minimum atomic E-state index is -3.34. The highest BCUT2D eigenvalue weighted by molar-refractivity contribution is 7.90. The van der Waals surface area contributed by atoms with Crippen LogP contribution < -0.4 is 15.4 Å². The number of sulfone groups is 1. The van der Waals surface area contributed by atoms with E-state index in [1.54, 1.807) is 12.1 Å². The van der Waals surface area contributed by atoms with Gasteiger partial charge in [-0.15, -0.1) is 0 Å². The number of anilines is 2. The van der Waals surface area contributed by atoms with E-state index in [1.165, 1.54) is 42.7 Å². The minimum absolute atomic E-state index is 0.0230. The van der Waals surface area contributed by atoms with Gasteiger partial charge in [0, 0.05) is 30.5 Å². The summed E-state index contributed by atoms with van der Waals surface area (Å²) in [5, 5.41) is 28.3. The maximum Gasteiger partial charge on any atom is 0.293 e. The largest absolute Gasteiger partial charge is 0.619 e. The van der Waals surface area contributed by atoms with Gasteiger partial charge < -0.3 is 15.8 Å². The Morgan fingerprint density at radius 2 is 1.82 bits per heavy atom. The van der Waals surface area contributed by atoms with Gasteiger partial charge >= 0.3 is 0 Å². The van der Waals surface area contributed by atoms with Crippen molar-refractivity contribution in [2.75, 3.05) is 16.9 Å². The number of halogens is 1. The maximum absolute atomic E-state index is 12.5. The monoisotopic (exact) mass is 490 g/mol. The van der Waals surface area contributed by atoms with E-state index in [0.29, 0.717) is 15.9 Å². The van der Waals surface area contributed by atoms with Gasteiger partial charge in [-0.05, 0) is 29.8 Å². The van der Waals surface area contributed by atoms with Crippen LogP contribution in [-0.2, 0) is 27.6 Å². The first-order chi connectivity index (χ1) is 15.5. The van der Waals surface area contributed by atoms with Crippen molar-refractivity contribution in [3.8, 4) is 0 Å². The molecule has 0 fully saturated rings. The standard InChI is InChI=1S/C21H19ClN4O6S/c1-33(31,32)16-6-4-14(5-7-16)9-21(27)24-18-11-19(20(26(29)30)10-17(18)22)23-12-15-3-2-8-25(28)13-15/h2-8,10-11,13,23H,9,12H2,1H3,(H,24,27). The molecule has 2 aromatic carbocycles. The lowest BCUT2D eigenvalue weighted by Crippen LogP contribution is -2.25. The first-order valence-electron chi connectivity index (χ1n) is 9.51. The van der Waals surface area contributed by atoms with Gasteiger partial charge in [0.2, 0.25) is 5.91 Å². The summed E-state index contributed by atoms with van der Waals surface area (Å²) in [5.74, 6) is -0.445. The van der Waals surface area contributed by atoms with Crippen LogP contribution in [-0.4, -0.2) is 25.5 Å². The second-order valence-corrected chi connectivity index (χ2v) is 9.60. The predicted molar refractivity (Wildman–Crippen MR) is 123 cm³/mol. The third kappa shape index (κ3) is 6.40. The van der Waals surface area contributed by atoms with Gasteiger partial charge in [0.1, 0.15) is 5.69 Å². The second kappa shape index (κ2) is 9.84. The molecular weight excluding hydrogens is 472 g/mol. The molecule has 1 aromatic heterocycles. The molecule has 172 valence electrons. The van der Waals surface area contributed by atoms with Crippen LogP contribution in [0.15, 0.2) is 65.8 Å². The van der Waals surface area contributed by atoms with E-state index in [2.05, 4.69) is 10.6 Å². The Balaban J connectivity index is 1.77. The number of carbonyl (C=O) groups excluding carboxylic acids is 1. The summed E-state index contributed by atoms with van der Waals surface area (Å²) >= 11 is 6.14. The molecule has 12 heteroatoms. The van der Waals surface area contributed by atoms with Crippen LogP contribution in [0.1, 0.15) is 11.1 Å². The number of nitro benzene ring substituents is 1. The summed E-state index contributed by atoms with van der Waals surface area (Å²) in [6.45, 7) is 0.131. The average Bonchev–Trinajstić information content (AvgIpc) is 2.73. The first kappa shape index (κ1) is 24.0. The van der Waals surface area contributed by atoms with Crippen molar-refractivity contribution in [1.29, 1.82) is 0 Å². The Bertz CT molecular complexity index is 1310. The second-order valence-electron chi connectivity index (χ2n) is 7.17. The molecule has 3 rings (SSSR count). The quantitative estimate of drug-likeness (QED) is 0.213. The molecule has 0 saturated carbocycles. The Morgan fingerprint density at radius 1 is 1.12 bits per heavy atom. The van der Waals surface area contributed by atoms with Gasteiger partial charge in [0.25, 0.3) is 5.69 Å². The van der Waals surface area contributed by atoms with E-state index in [-0.39, 0.29) is 39.9 Å². The molecule has 0 radical (unpaired) electrons. The lowest BCUT2D eigenvalue weighted by molar-refractivity contribution is -0.605. The van der Waals surface area contributed by atoms with Crippen LogP contribution in [0, 0.1) is 15.3 Å². The van der Waals surface area contributed by atoms with Crippen LogP contribution in [0.25, 0.3) is 0 Å². The molecule has 0 atom stereocenters. The normalized spacial score (nSPS) is 11.1. The fourth-order valence-corrected chi connectivity index (χ4v) is 3.82. The lowest BCUT2D eigenvalue weighted by atomic mass is 10.1. The van der Waals surface area contributed by atoms with E-state index in [0.717, 1.165) is 12.3 Å². The highest BCUT2D eigenvalue weighted by atomic mass is 35.5. The fourth-order valence-electron chi connectivity index (χ4n) is 2.99. The number of nitrogens with zero attached hydrogens (tertiary/aromatic N) is 2. The topological polar surface area (TPSA) is 145 Å². The molecule has 0 bridgehead atoms. The van der Waals surface area contributed by atoms with Gasteiger partial charge in [-0.2, -0.15) is 4.73 Å². The summed E-state index contributed by atoms with van der Waals surface area (Å²) < 4.78 is 23.7. The number of rotatable bonds is 8. The van der Waals surface area contributed by atoms with Gasteiger partial charge in [-0.1, -0.05) is 23.7 Å². The number of hydrogen-bond acceptors (Lipinski definition) is 7. The maximum atomic E-state index is 12.5. The minimum Gasteiger partial charge on any atom is -0.619 e. The predicted octanol–water partition coefficient (Wildman–Crippen LogP) is 3.08. The van der Waals surface area contributed by atoms with Crippen molar-refractivity contribution in [3.05, 3.63) is 92.4 Å². The zero-order valence-corrected chi connectivity index (χ0v) is 18.9. The molecule has 1 heterocycles. The third-order valence-corrected chi connectivity index (χ3v) is 6.03. The number of nitro groups is 1. The van der Waals surface area contributed by atoms with Crippen molar-refractivity contribution >= 4 is 44.4 Å². The van der Waals surface area contributed by atoms with Crippen LogP contribution in [0.5, 0.6) is 0 Å². The fraction of sp³-hybridized carbons (Fsp3) is 0.143. The molecule has 3 aromatic rings. The smallest absolute Gasteiger partial charge is 0.293 e. The Hall–Kier alpha value is -3.70. The van der Waals surface area contributed by atoms with E-state index in [4.69, 9.17) is 11.6 Å². The highest BCUT2D eigenvalue weighted by Crippen LogP contribution is 2.34. The van der Waals surface area contributed by atoms with Crippen molar-refractivity contribution in [2.24, 2.45) is 0 Å². The molecule has 0 saturated heterocycles. The SMILES string of the molecule is CS(=O)(=O)c1ccc(CC(=O)Nc2cc(NCc3ccc[n+]([O-])c3)c([N+](=O)[O-])cc2Cl)cc1. The van der Waals surface area contributed by atoms with Crippen molar-refractivity contribution in [2.45, 2.75) is 17.9 Å². The van der Waals surface area contributed by atoms with Gasteiger partial charge in [0.05, 0.1) is 26.9 Å². The Kier molecular flexibility index (Phi) is 7.14. The van der Waals surface area contributed by atoms with Gasteiger partial charge in [-0.3, -0.25) is 14.9 Å². The van der Waals surface area contributed by atoms with E-state index in [9.17, 15) is 28.5 Å². The zero-order valence-electron chi connectivity index (χ0n) is 17.3. The summed E-state index contributed by atoms with van der Waals surface area (Å²) in [5.41, 5.74) is 1.15. The summed E-state index contributed by atoms with van der Waals surface area (Å²) in [7, 11) is -3.34. The molecule has 10 nitrogen and oxygen atoms in total. The number of carbonyl (C=O) groups is 1. The summed E-state index contributed by atoms with van der Waals surface area (Å²) in [4.78, 5) is 23.4. The lowest BCUT2D eigenvalue weighted by Gasteiger charge is -2.12.